The zero-order valence-corrected chi connectivity index (χ0v) is 15.8. The highest BCUT2D eigenvalue weighted by molar-refractivity contribution is 5.98. The van der Waals surface area contributed by atoms with Gasteiger partial charge in [-0.2, -0.15) is 0 Å². The van der Waals surface area contributed by atoms with Gasteiger partial charge < -0.3 is 14.8 Å². The van der Waals surface area contributed by atoms with E-state index in [1.807, 2.05) is 13.0 Å². The third-order valence-corrected chi connectivity index (χ3v) is 5.08. The second-order valence-corrected chi connectivity index (χ2v) is 7.67. The molecule has 2 fully saturated rings. The van der Waals surface area contributed by atoms with Crippen molar-refractivity contribution in [2.24, 2.45) is 5.92 Å². The lowest BCUT2D eigenvalue weighted by Crippen LogP contribution is -2.52. The summed E-state index contributed by atoms with van der Waals surface area (Å²) in [6.45, 7) is 4.25. The number of pyridine rings is 1. The fraction of sp³-hybridized carbons (Fsp3) is 0.650. The van der Waals surface area contributed by atoms with Crippen LogP contribution in [0.25, 0.3) is 0 Å². The molecule has 6 heteroatoms. The van der Waals surface area contributed by atoms with Crippen molar-refractivity contribution in [2.75, 3.05) is 13.7 Å². The smallest absolute Gasteiger partial charge is 0.331 e. The molecular weight excluding hydrogens is 332 g/mol. The maximum Gasteiger partial charge on any atom is 0.331 e. The first-order valence-corrected chi connectivity index (χ1v) is 9.50. The van der Waals surface area contributed by atoms with Gasteiger partial charge in [-0.05, 0) is 62.5 Å². The van der Waals surface area contributed by atoms with Crippen molar-refractivity contribution in [3.05, 3.63) is 23.5 Å². The minimum absolute atomic E-state index is 0.237. The predicted molar refractivity (Wildman–Crippen MR) is 97.2 cm³/mol. The number of rotatable bonds is 9. The van der Waals surface area contributed by atoms with E-state index in [9.17, 15) is 9.59 Å². The molecule has 3 rings (SSSR count). The number of hydrogen-bond donors (Lipinski definition) is 1. The zero-order valence-electron chi connectivity index (χ0n) is 15.8. The van der Waals surface area contributed by atoms with E-state index in [1.165, 1.54) is 20.0 Å². The van der Waals surface area contributed by atoms with Gasteiger partial charge in [0.15, 0.2) is 11.4 Å². The topological polar surface area (TPSA) is 77.5 Å². The molecule has 26 heavy (non-hydrogen) atoms. The van der Waals surface area contributed by atoms with Gasteiger partial charge in [-0.15, -0.1) is 0 Å². The maximum atomic E-state index is 12.9. The van der Waals surface area contributed by atoms with E-state index in [1.54, 1.807) is 13.1 Å². The first-order chi connectivity index (χ1) is 12.5. The lowest BCUT2D eigenvalue weighted by atomic mass is 9.96. The van der Waals surface area contributed by atoms with Gasteiger partial charge in [0.2, 0.25) is 0 Å². The molecule has 1 heterocycles. The molecular formula is C20H28N2O4. The van der Waals surface area contributed by atoms with Crippen LogP contribution in [-0.2, 0) is 9.53 Å². The van der Waals surface area contributed by atoms with Crippen molar-refractivity contribution in [3.63, 3.8) is 0 Å². The molecule has 0 saturated heterocycles. The molecule has 1 amide bonds. The van der Waals surface area contributed by atoms with Gasteiger partial charge in [0.25, 0.3) is 5.91 Å². The molecule has 2 saturated carbocycles. The Morgan fingerprint density at radius 3 is 2.62 bits per heavy atom. The van der Waals surface area contributed by atoms with Crippen LogP contribution in [0.3, 0.4) is 0 Å². The minimum atomic E-state index is -1.08. The molecule has 2 aliphatic rings. The van der Waals surface area contributed by atoms with Crippen LogP contribution < -0.4 is 10.1 Å². The number of carbonyl (C=O) groups excluding carboxylic acids is 2. The summed E-state index contributed by atoms with van der Waals surface area (Å²) in [5.74, 6) is 0.768. The maximum absolute atomic E-state index is 12.9. The molecule has 142 valence electrons. The van der Waals surface area contributed by atoms with E-state index in [0.717, 1.165) is 24.8 Å². The first-order valence-electron chi connectivity index (χ1n) is 9.50. The monoisotopic (exact) mass is 360 g/mol. The first kappa shape index (κ1) is 18.7. The van der Waals surface area contributed by atoms with Crippen LogP contribution in [0, 0.1) is 5.92 Å². The number of nitrogens with zero attached hydrogens (tertiary/aromatic N) is 1. The van der Waals surface area contributed by atoms with Gasteiger partial charge in [-0.1, -0.05) is 13.3 Å². The van der Waals surface area contributed by atoms with E-state index in [4.69, 9.17) is 9.47 Å². The number of carbonyl (C=O) groups is 2. The van der Waals surface area contributed by atoms with Gasteiger partial charge in [0, 0.05) is 6.20 Å². The van der Waals surface area contributed by atoms with Crippen LogP contribution in [0.4, 0.5) is 0 Å². The van der Waals surface area contributed by atoms with Crippen molar-refractivity contribution in [1.82, 2.24) is 10.3 Å². The Morgan fingerprint density at radius 2 is 2.04 bits per heavy atom. The molecule has 0 aromatic carbocycles. The third kappa shape index (κ3) is 4.34. The Labute approximate surface area is 154 Å². The molecule has 1 aromatic heterocycles. The van der Waals surface area contributed by atoms with Crippen LogP contribution in [0.1, 0.15) is 74.3 Å². The van der Waals surface area contributed by atoms with Gasteiger partial charge in [-0.3, -0.25) is 4.79 Å². The van der Waals surface area contributed by atoms with Crippen LogP contribution in [0.2, 0.25) is 0 Å². The Balaban J connectivity index is 1.80. The van der Waals surface area contributed by atoms with Crippen LogP contribution >= 0.6 is 0 Å². The summed E-state index contributed by atoms with van der Waals surface area (Å²) in [6, 6.07) is 1.94. The zero-order chi connectivity index (χ0) is 18.7. The molecule has 6 nitrogen and oxygen atoms in total. The summed E-state index contributed by atoms with van der Waals surface area (Å²) in [4.78, 5) is 29.4. The number of nitrogens with one attached hydrogen (secondary N) is 1. The highest BCUT2D eigenvalue weighted by Gasteiger charge is 2.37. The van der Waals surface area contributed by atoms with Gasteiger partial charge >= 0.3 is 5.97 Å². The van der Waals surface area contributed by atoms with Crippen molar-refractivity contribution >= 4 is 11.9 Å². The molecule has 0 radical (unpaired) electrons. The second kappa shape index (κ2) is 7.64. The largest absolute Gasteiger partial charge is 0.491 e. The highest BCUT2D eigenvalue weighted by atomic mass is 16.5. The van der Waals surface area contributed by atoms with Gasteiger partial charge in [0.1, 0.15) is 5.54 Å². The fourth-order valence-electron chi connectivity index (χ4n) is 3.12. The summed E-state index contributed by atoms with van der Waals surface area (Å²) in [5, 5.41) is 2.81. The fourth-order valence-corrected chi connectivity index (χ4v) is 3.12. The van der Waals surface area contributed by atoms with Crippen LogP contribution in [0.15, 0.2) is 12.3 Å². The van der Waals surface area contributed by atoms with E-state index in [2.05, 4.69) is 10.3 Å². The normalized spacial score (nSPS) is 18.7. The molecule has 1 aromatic rings. The Hall–Kier alpha value is -2.11. The van der Waals surface area contributed by atoms with Crippen LogP contribution in [0.5, 0.6) is 5.75 Å². The number of hydrogen-bond acceptors (Lipinski definition) is 5. The number of aromatic nitrogens is 1. The SMILES string of the molecule is CCC[C@](C)(NC(=O)c1ncc(C2CC2)cc1OCC1CC1)C(=O)OC. The average Bonchev–Trinajstić information content (AvgIpc) is 3.52. The lowest BCUT2D eigenvalue weighted by molar-refractivity contribution is -0.147. The Bertz CT molecular complexity index is 682. The average molecular weight is 360 g/mol. The number of ether oxygens (including phenoxy) is 2. The molecule has 1 N–H and O–H groups in total. The van der Waals surface area contributed by atoms with Crippen molar-refractivity contribution in [1.29, 1.82) is 0 Å². The summed E-state index contributed by atoms with van der Waals surface area (Å²) in [5.41, 5.74) is 0.281. The lowest BCUT2D eigenvalue weighted by Gasteiger charge is -2.27. The minimum Gasteiger partial charge on any atom is -0.491 e. The van der Waals surface area contributed by atoms with Crippen molar-refractivity contribution in [3.8, 4) is 5.75 Å². The third-order valence-electron chi connectivity index (χ3n) is 5.08. The molecule has 0 bridgehead atoms. The van der Waals surface area contributed by atoms with Crippen molar-refractivity contribution < 1.29 is 19.1 Å². The molecule has 0 spiro atoms. The van der Waals surface area contributed by atoms with E-state index >= 15 is 0 Å². The standard InChI is InChI=1S/C20H28N2O4/c1-4-9-20(2,19(24)25-3)22-18(23)17-16(26-12-13-5-6-13)10-15(11-21-17)14-7-8-14/h10-11,13-14H,4-9,12H2,1-3H3,(H,22,23)/t20-/m0/s1. The summed E-state index contributed by atoms with van der Waals surface area (Å²) in [6.07, 6.45) is 7.65. The van der Waals surface area contributed by atoms with E-state index < -0.39 is 17.4 Å². The number of esters is 1. The highest BCUT2D eigenvalue weighted by Crippen LogP contribution is 2.41. The molecule has 0 unspecified atom stereocenters. The molecule has 1 atom stereocenters. The summed E-state index contributed by atoms with van der Waals surface area (Å²) < 4.78 is 10.8. The summed E-state index contributed by atoms with van der Waals surface area (Å²) >= 11 is 0. The van der Waals surface area contributed by atoms with Gasteiger partial charge in [0.05, 0.1) is 13.7 Å². The predicted octanol–water partition coefficient (Wildman–Crippen LogP) is 3.21. The van der Waals surface area contributed by atoms with Gasteiger partial charge in [-0.25, -0.2) is 9.78 Å². The summed E-state index contributed by atoms with van der Waals surface area (Å²) in [7, 11) is 1.33. The van der Waals surface area contributed by atoms with Crippen LogP contribution in [-0.4, -0.2) is 36.1 Å². The Kier molecular flexibility index (Phi) is 5.49. The second-order valence-electron chi connectivity index (χ2n) is 7.67. The number of methoxy groups -OCH3 is 1. The van der Waals surface area contributed by atoms with E-state index in [-0.39, 0.29) is 5.69 Å². The Morgan fingerprint density at radius 1 is 1.31 bits per heavy atom. The van der Waals surface area contributed by atoms with E-state index in [0.29, 0.717) is 30.6 Å². The number of amides is 1. The molecule has 0 aliphatic heterocycles. The van der Waals surface area contributed by atoms with Crippen molar-refractivity contribution in [2.45, 2.75) is 63.8 Å². The molecule has 2 aliphatic carbocycles. The quantitative estimate of drug-likeness (QED) is 0.684.